The van der Waals surface area contributed by atoms with E-state index in [1.54, 1.807) is 6.08 Å². The Morgan fingerprint density at radius 1 is 1.82 bits per heavy atom. The van der Waals surface area contributed by atoms with Gasteiger partial charge in [-0.25, -0.2) is 0 Å². The maximum atomic E-state index is 10.6. The predicted octanol–water partition coefficient (Wildman–Crippen LogP) is 0.813. The molecule has 1 heterocycles. The second-order valence-corrected chi connectivity index (χ2v) is 2.74. The molecule has 11 heavy (non-hydrogen) atoms. The summed E-state index contributed by atoms with van der Waals surface area (Å²) in [5.41, 5.74) is 0. The molecule has 0 aromatic carbocycles. The molecule has 0 radical (unpaired) electrons. The first-order chi connectivity index (χ1) is 4.83. The highest BCUT2D eigenvalue weighted by Crippen LogP contribution is 2.07. The van der Waals surface area contributed by atoms with Gasteiger partial charge < -0.3 is 5.32 Å². The van der Waals surface area contributed by atoms with Gasteiger partial charge in [0, 0.05) is 0 Å². The maximum absolute atomic E-state index is 10.6. The van der Waals surface area contributed by atoms with Crippen LogP contribution in [-0.4, -0.2) is 23.4 Å². The first-order valence-corrected chi connectivity index (χ1v) is 3.89. The van der Waals surface area contributed by atoms with E-state index in [0.29, 0.717) is 17.5 Å². The SMILES string of the molecule is C=CCN=C1NC(=O)CS1.Cl. The van der Waals surface area contributed by atoms with Crippen LogP contribution in [0.25, 0.3) is 0 Å². The minimum absolute atomic E-state index is 0. The van der Waals surface area contributed by atoms with Gasteiger partial charge in [0.2, 0.25) is 5.91 Å². The van der Waals surface area contributed by atoms with Crippen LogP contribution in [0, 0.1) is 0 Å². The third-order valence-electron chi connectivity index (χ3n) is 0.950. The zero-order valence-corrected chi connectivity index (χ0v) is 7.50. The molecule has 0 spiro atoms. The smallest absolute Gasteiger partial charge is 0.236 e. The number of amides is 1. The molecule has 1 rings (SSSR count). The fraction of sp³-hybridized carbons (Fsp3) is 0.333. The number of hydrogen-bond acceptors (Lipinski definition) is 3. The molecule has 1 amide bonds. The molecule has 1 aliphatic heterocycles. The van der Waals surface area contributed by atoms with Crippen LogP contribution in [0.2, 0.25) is 0 Å². The van der Waals surface area contributed by atoms with Gasteiger partial charge in [-0.3, -0.25) is 9.79 Å². The van der Waals surface area contributed by atoms with Crippen LogP contribution in [0.4, 0.5) is 0 Å². The highest BCUT2D eigenvalue weighted by atomic mass is 35.5. The van der Waals surface area contributed by atoms with Crippen molar-refractivity contribution in [2.45, 2.75) is 0 Å². The summed E-state index contributed by atoms with van der Waals surface area (Å²) in [4.78, 5) is 14.6. The highest BCUT2D eigenvalue weighted by molar-refractivity contribution is 8.15. The van der Waals surface area contributed by atoms with Crippen LogP contribution >= 0.6 is 24.2 Å². The summed E-state index contributed by atoms with van der Waals surface area (Å²) in [6, 6.07) is 0. The third-order valence-corrected chi connectivity index (χ3v) is 1.86. The lowest BCUT2D eigenvalue weighted by atomic mass is 10.6. The average molecular weight is 193 g/mol. The number of hydrogen-bond donors (Lipinski definition) is 1. The van der Waals surface area contributed by atoms with Crippen molar-refractivity contribution in [2.75, 3.05) is 12.3 Å². The quantitative estimate of drug-likeness (QED) is 0.658. The van der Waals surface area contributed by atoms with Gasteiger partial charge in [-0.05, 0) is 0 Å². The summed E-state index contributed by atoms with van der Waals surface area (Å²) in [6.45, 7) is 4.08. The molecular weight excluding hydrogens is 184 g/mol. The number of rotatable bonds is 2. The second kappa shape index (κ2) is 5.21. The third kappa shape index (κ3) is 3.43. The van der Waals surface area contributed by atoms with E-state index in [1.165, 1.54) is 11.8 Å². The monoisotopic (exact) mass is 192 g/mol. The van der Waals surface area contributed by atoms with Crippen LogP contribution in [0.3, 0.4) is 0 Å². The molecule has 3 nitrogen and oxygen atoms in total. The van der Waals surface area contributed by atoms with Gasteiger partial charge in [0.25, 0.3) is 0 Å². The molecule has 0 aliphatic carbocycles. The molecule has 0 aromatic heterocycles. The highest BCUT2D eigenvalue weighted by Gasteiger charge is 2.15. The van der Waals surface area contributed by atoms with Crippen molar-refractivity contribution in [1.29, 1.82) is 0 Å². The van der Waals surface area contributed by atoms with E-state index in [-0.39, 0.29) is 18.3 Å². The molecule has 62 valence electrons. The number of halogens is 1. The van der Waals surface area contributed by atoms with Gasteiger partial charge >= 0.3 is 0 Å². The van der Waals surface area contributed by atoms with Crippen molar-refractivity contribution >= 4 is 35.2 Å². The van der Waals surface area contributed by atoms with Crippen molar-refractivity contribution < 1.29 is 4.79 Å². The molecule has 1 aliphatic rings. The molecular formula is C6H9ClN2OS. The van der Waals surface area contributed by atoms with Crippen LogP contribution in [0.5, 0.6) is 0 Å². The Bertz CT molecular complexity index is 193. The van der Waals surface area contributed by atoms with Gasteiger partial charge in [0.1, 0.15) is 0 Å². The van der Waals surface area contributed by atoms with E-state index in [2.05, 4.69) is 16.9 Å². The number of nitrogens with one attached hydrogen (secondary N) is 1. The van der Waals surface area contributed by atoms with Crippen molar-refractivity contribution in [1.82, 2.24) is 5.32 Å². The lowest BCUT2D eigenvalue weighted by Gasteiger charge is -1.90. The molecule has 1 saturated heterocycles. The fourth-order valence-corrected chi connectivity index (χ4v) is 1.25. The summed E-state index contributed by atoms with van der Waals surface area (Å²) in [5.74, 6) is 0.531. The number of thioether (sulfide) groups is 1. The van der Waals surface area contributed by atoms with Crippen molar-refractivity contribution in [2.24, 2.45) is 4.99 Å². The average Bonchev–Trinajstić information content (AvgIpc) is 2.31. The number of carbonyl (C=O) groups is 1. The summed E-state index contributed by atoms with van der Waals surface area (Å²) >= 11 is 1.43. The van der Waals surface area contributed by atoms with E-state index < -0.39 is 0 Å². The zero-order chi connectivity index (χ0) is 7.40. The molecule has 0 aromatic rings. The van der Waals surface area contributed by atoms with E-state index in [1.807, 2.05) is 0 Å². The zero-order valence-electron chi connectivity index (χ0n) is 5.87. The largest absolute Gasteiger partial charge is 0.305 e. The molecule has 0 atom stereocenters. The van der Waals surface area contributed by atoms with Gasteiger partial charge in [0.15, 0.2) is 5.17 Å². The Morgan fingerprint density at radius 2 is 2.55 bits per heavy atom. The van der Waals surface area contributed by atoms with Crippen LogP contribution in [0.1, 0.15) is 0 Å². The molecule has 0 saturated carbocycles. The second-order valence-electron chi connectivity index (χ2n) is 1.77. The molecule has 1 N–H and O–H groups in total. The minimum atomic E-state index is 0. The normalized spacial score (nSPS) is 19.3. The predicted molar refractivity (Wildman–Crippen MR) is 50.3 cm³/mol. The maximum Gasteiger partial charge on any atom is 0.236 e. The Kier molecular flexibility index (Phi) is 4.98. The Morgan fingerprint density at radius 3 is 3.00 bits per heavy atom. The fourth-order valence-electron chi connectivity index (χ4n) is 0.558. The van der Waals surface area contributed by atoms with Gasteiger partial charge in [-0.2, -0.15) is 0 Å². The van der Waals surface area contributed by atoms with E-state index >= 15 is 0 Å². The standard InChI is InChI=1S/C6H8N2OS.ClH/c1-2-3-7-6-8-5(9)4-10-6;/h2H,1,3-4H2,(H,7,8,9);1H. The summed E-state index contributed by atoms with van der Waals surface area (Å²) in [7, 11) is 0. The topological polar surface area (TPSA) is 41.5 Å². The van der Waals surface area contributed by atoms with Crippen LogP contribution < -0.4 is 5.32 Å². The Labute approximate surface area is 75.8 Å². The first kappa shape index (κ1) is 10.5. The minimum Gasteiger partial charge on any atom is -0.305 e. The van der Waals surface area contributed by atoms with Crippen LogP contribution in [-0.2, 0) is 4.79 Å². The molecule has 1 fully saturated rings. The number of aliphatic imine (C=N–C) groups is 1. The first-order valence-electron chi connectivity index (χ1n) is 2.91. The van der Waals surface area contributed by atoms with Crippen molar-refractivity contribution in [3.8, 4) is 0 Å². The molecule has 0 bridgehead atoms. The van der Waals surface area contributed by atoms with E-state index in [4.69, 9.17) is 0 Å². The van der Waals surface area contributed by atoms with E-state index in [0.717, 1.165) is 0 Å². The number of carbonyl (C=O) groups excluding carboxylic acids is 1. The molecule has 0 unspecified atom stereocenters. The lowest BCUT2D eigenvalue weighted by molar-refractivity contribution is -0.116. The summed E-state index contributed by atoms with van der Waals surface area (Å²) in [6.07, 6.45) is 1.69. The Hall–Kier alpha value is -0.480. The summed E-state index contributed by atoms with van der Waals surface area (Å²) < 4.78 is 0. The van der Waals surface area contributed by atoms with Gasteiger partial charge in [0.05, 0.1) is 12.3 Å². The Balaban J connectivity index is 0.000001000. The van der Waals surface area contributed by atoms with Gasteiger partial charge in [-0.15, -0.1) is 19.0 Å². The number of nitrogens with zero attached hydrogens (tertiary/aromatic N) is 1. The van der Waals surface area contributed by atoms with Crippen molar-refractivity contribution in [3.05, 3.63) is 12.7 Å². The lowest BCUT2D eigenvalue weighted by Crippen LogP contribution is -2.20. The number of amidine groups is 1. The van der Waals surface area contributed by atoms with Crippen LogP contribution in [0.15, 0.2) is 17.6 Å². The molecule has 5 heteroatoms. The van der Waals surface area contributed by atoms with Crippen molar-refractivity contribution in [3.63, 3.8) is 0 Å². The van der Waals surface area contributed by atoms with E-state index in [9.17, 15) is 4.79 Å². The summed E-state index contributed by atoms with van der Waals surface area (Å²) in [5, 5.41) is 3.33. The van der Waals surface area contributed by atoms with Gasteiger partial charge in [-0.1, -0.05) is 17.8 Å².